The second-order valence-corrected chi connectivity index (χ2v) is 5.79. The molecule has 0 aliphatic carbocycles. The molecule has 0 aromatic heterocycles. The lowest BCUT2D eigenvalue weighted by Crippen LogP contribution is -2.19. The Balaban J connectivity index is 2.11. The normalized spacial score (nSPS) is 11.7. The van der Waals surface area contributed by atoms with Gasteiger partial charge in [0.2, 0.25) is 0 Å². The van der Waals surface area contributed by atoms with Crippen molar-refractivity contribution in [1.82, 2.24) is 5.32 Å². The van der Waals surface area contributed by atoms with Crippen LogP contribution in [0.2, 0.25) is 5.02 Å². The van der Waals surface area contributed by atoms with Gasteiger partial charge in [0, 0.05) is 17.6 Å². The minimum atomic E-state index is -0.368. The lowest BCUT2D eigenvalue weighted by Gasteiger charge is -2.20. The molecule has 0 bridgehead atoms. The highest BCUT2D eigenvalue weighted by atomic mass is 35.5. The van der Waals surface area contributed by atoms with Crippen LogP contribution < -0.4 is 10.1 Å². The van der Waals surface area contributed by atoms with Gasteiger partial charge in [-0.15, -0.1) is 0 Å². The highest BCUT2D eigenvalue weighted by Gasteiger charge is 2.15. The van der Waals surface area contributed by atoms with E-state index in [0.717, 1.165) is 24.9 Å². The number of ether oxygens (including phenoxy) is 1. The van der Waals surface area contributed by atoms with Crippen LogP contribution in [0, 0.1) is 11.3 Å². The molecule has 24 heavy (non-hydrogen) atoms. The second kappa shape index (κ2) is 9.92. The van der Waals surface area contributed by atoms with Crippen molar-refractivity contribution in [2.24, 2.45) is 0 Å². The van der Waals surface area contributed by atoms with Crippen molar-refractivity contribution in [3.8, 4) is 11.8 Å². The van der Waals surface area contributed by atoms with Gasteiger partial charge in [-0.2, -0.15) is 5.26 Å². The first-order valence-corrected chi connectivity index (χ1v) is 8.30. The van der Waals surface area contributed by atoms with Crippen LogP contribution in [0.5, 0.6) is 5.75 Å². The molecule has 0 aliphatic heterocycles. The second-order valence-electron chi connectivity index (χ2n) is 5.35. The van der Waals surface area contributed by atoms with Gasteiger partial charge in [0.15, 0.2) is 0 Å². The van der Waals surface area contributed by atoms with Gasteiger partial charge in [0.1, 0.15) is 24.6 Å². The Kier molecular flexibility index (Phi) is 7.54. The molecule has 2 aromatic rings. The lowest BCUT2D eigenvalue weighted by molar-refractivity contribution is 0.191. The predicted molar refractivity (Wildman–Crippen MR) is 94.1 cm³/mol. The van der Waals surface area contributed by atoms with E-state index in [0.29, 0.717) is 22.9 Å². The number of hydrogen-bond donors (Lipinski definition) is 1. The SMILES string of the molecule is N#Cc1ccc(Cl)cc1OC(CCCNCCF)c1ccccc1. The van der Waals surface area contributed by atoms with E-state index in [9.17, 15) is 9.65 Å². The summed E-state index contributed by atoms with van der Waals surface area (Å²) in [5.41, 5.74) is 1.49. The summed E-state index contributed by atoms with van der Waals surface area (Å²) in [7, 11) is 0. The van der Waals surface area contributed by atoms with E-state index >= 15 is 0 Å². The molecule has 126 valence electrons. The molecule has 0 fully saturated rings. The van der Waals surface area contributed by atoms with Crippen molar-refractivity contribution in [1.29, 1.82) is 5.26 Å². The van der Waals surface area contributed by atoms with Crippen LogP contribution in [-0.4, -0.2) is 19.8 Å². The van der Waals surface area contributed by atoms with Crippen LogP contribution in [0.4, 0.5) is 4.39 Å². The zero-order chi connectivity index (χ0) is 17.2. The average molecular weight is 347 g/mol. The van der Waals surface area contributed by atoms with E-state index < -0.39 is 0 Å². The standard InChI is InChI=1S/C19H20ClFN2O/c20-17-9-8-16(14-22)19(13-17)24-18(7-4-11-23-12-10-21)15-5-2-1-3-6-15/h1-3,5-6,8-9,13,18,23H,4,7,10-12H2. The van der Waals surface area contributed by atoms with Gasteiger partial charge in [-0.05, 0) is 37.1 Å². The van der Waals surface area contributed by atoms with Gasteiger partial charge in [0.25, 0.3) is 0 Å². The van der Waals surface area contributed by atoms with Crippen LogP contribution in [-0.2, 0) is 0 Å². The monoisotopic (exact) mass is 346 g/mol. The Labute approximate surface area is 147 Å². The number of alkyl halides is 1. The molecular weight excluding hydrogens is 327 g/mol. The molecule has 1 atom stereocenters. The molecule has 0 radical (unpaired) electrons. The third-order valence-electron chi connectivity index (χ3n) is 3.60. The lowest BCUT2D eigenvalue weighted by atomic mass is 10.0. The summed E-state index contributed by atoms with van der Waals surface area (Å²) in [5, 5.41) is 12.8. The Morgan fingerprint density at radius 3 is 2.67 bits per heavy atom. The first-order chi connectivity index (χ1) is 11.7. The first-order valence-electron chi connectivity index (χ1n) is 7.92. The van der Waals surface area contributed by atoms with E-state index in [1.165, 1.54) is 0 Å². The van der Waals surface area contributed by atoms with Gasteiger partial charge >= 0.3 is 0 Å². The van der Waals surface area contributed by atoms with Gasteiger partial charge in [-0.3, -0.25) is 0 Å². The molecule has 3 nitrogen and oxygen atoms in total. The van der Waals surface area contributed by atoms with Crippen molar-refractivity contribution in [2.75, 3.05) is 19.8 Å². The molecule has 1 N–H and O–H groups in total. The maximum atomic E-state index is 12.1. The van der Waals surface area contributed by atoms with Crippen LogP contribution in [0.3, 0.4) is 0 Å². The molecule has 0 saturated heterocycles. The third kappa shape index (κ3) is 5.52. The Bertz CT molecular complexity index is 673. The Morgan fingerprint density at radius 1 is 1.17 bits per heavy atom. The summed E-state index contributed by atoms with van der Waals surface area (Å²) >= 11 is 6.03. The Morgan fingerprint density at radius 2 is 1.96 bits per heavy atom. The van der Waals surface area contributed by atoms with Crippen LogP contribution in [0.15, 0.2) is 48.5 Å². The van der Waals surface area contributed by atoms with Crippen molar-refractivity contribution in [3.63, 3.8) is 0 Å². The molecule has 0 amide bonds. The van der Waals surface area contributed by atoms with Gasteiger partial charge in [-0.25, -0.2) is 4.39 Å². The topological polar surface area (TPSA) is 45.0 Å². The molecule has 1 unspecified atom stereocenters. The number of nitriles is 1. The van der Waals surface area contributed by atoms with Crippen LogP contribution in [0.1, 0.15) is 30.1 Å². The van der Waals surface area contributed by atoms with Gasteiger partial charge < -0.3 is 10.1 Å². The Hall–Kier alpha value is -2.09. The minimum absolute atomic E-state index is 0.191. The van der Waals surface area contributed by atoms with Crippen molar-refractivity contribution < 1.29 is 9.13 Å². The zero-order valence-corrected chi connectivity index (χ0v) is 14.1. The van der Waals surface area contributed by atoms with Gasteiger partial charge in [-0.1, -0.05) is 41.9 Å². The third-order valence-corrected chi connectivity index (χ3v) is 3.83. The van der Waals surface area contributed by atoms with Crippen molar-refractivity contribution in [3.05, 3.63) is 64.7 Å². The predicted octanol–water partition coefficient (Wildman–Crippen LogP) is 4.67. The summed E-state index contributed by atoms with van der Waals surface area (Å²) in [4.78, 5) is 0. The molecule has 2 rings (SSSR count). The fourth-order valence-electron chi connectivity index (χ4n) is 2.40. The summed E-state index contributed by atoms with van der Waals surface area (Å²) in [6.45, 7) is 0.716. The molecule has 0 saturated carbocycles. The number of benzene rings is 2. The quantitative estimate of drug-likeness (QED) is 0.671. The van der Waals surface area contributed by atoms with Crippen molar-refractivity contribution in [2.45, 2.75) is 18.9 Å². The molecule has 0 spiro atoms. The number of rotatable bonds is 9. The molecule has 2 aromatic carbocycles. The number of halogens is 2. The fourth-order valence-corrected chi connectivity index (χ4v) is 2.57. The molecular formula is C19H20ClFN2O. The van der Waals surface area contributed by atoms with Gasteiger partial charge in [0.05, 0.1) is 5.56 Å². The molecule has 0 heterocycles. The smallest absolute Gasteiger partial charge is 0.139 e. The highest BCUT2D eigenvalue weighted by Crippen LogP contribution is 2.30. The summed E-state index contributed by atoms with van der Waals surface area (Å²) < 4.78 is 18.2. The van der Waals surface area contributed by atoms with Crippen molar-refractivity contribution >= 4 is 11.6 Å². The van der Waals surface area contributed by atoms with Crippen LogP contribution >= 0.6 is 11.6 Å². The maximum absolute atomic E-state index is 12.1. The number of nitrogens with one attached hydrogen (secondary N) is 1. The zero-order valence-electron chi connectivity index (χ0n) is 13.3. The number of hydrogen-bond acceptors (Lipinski definition) is 3. The first kappa shape index (κ1) is 18.3. The number of nitrogens with zero attached hydrogens (tertiary/aromatic N) is 1. The van der Waals surface area contributed by atoms with E-state index in [2.05, 4.69) is 11.4 Å². The fraction of sp³-hybridized carbons (Fsp3) is 0.316. The minimum Gasteiger partial charge on any atom is -0.484 e. The summed E-state index contributed by atoms with van der Waals surface area (Å²) in [6, 6.07) is 17.0. The largest absolute Gasteiger partial charge is 0.484 e. The van der Waals surface area contributed by atoms with E-state index in [1.807, 2.05) is 30.3 Å². The maximum Gasteiger partial charge on any atom is 0.139 e. The summed E-state index contributed by atoms with van der Waals surface area (Å²) in [5.74, 6) is 0.482. The highest BCUT2D eigenvalue weighted by molar-refractivity contribution is 6.30. The van der Waals surface area contributed by atoms with E-state index in [1.54, 1.807) is 18.2 Å². The summed E-state index contributed by atoms with van der Waals surface area (Å²) in [6.07, 6.45) is 1.40. The van der Waals surface area contributed by atoms with Crippen LogP contribution in [0.25, 0.3) is 0 Å². The molecule has 5 heteroatoms. The van der Waals surface area contributed by atoms with E-state index in [-0.39, 0.29) is 12.8 Å². The molecule has 0 aliphatic rings. The average Bonchev–Trinajstić information content (AvgIpc) is 2.61. The van der Waals surface area contributed by atoms with E-state index in [4.69, 9.17) is 16.3 Å².